The van der Waals surface area contributed by atoms with Gasteiger partial charge in [-0.1, -0.05) is 24.3 Å². The van der Waals surface area contributed by atoms with Crippen LogP contribution in [-0.2, 0) is 10.0 Å². The van der Waals surface area contributed by atoms with Gasteiger partial charge in [0.1, 0.15) is 0 Å². The van der Waals surface area contributed by atoms with Crippen molar-refractivity contribution in [1.29, 1.82) is 0 Å². The fourth-order valence-electron chi connectivity index (χ4n) is 3.20. The monoisotopic (exact) mass is 350 g/mol. The minimum atomic E-state index is -3.50. The number of nitrogens with one attached hydrogen (secondary N) is 1. The highest BCUT2D eigenvalue weighted by Gasteiger charge is 2.31. The molecule has 0 unspecified atom stereocenters. The van der Waals surface area contributed by atoms with Crippen molar-refractivity contribution in [3.05, 3.63) is 52.7 Å². The van der Waals surface area contributed by atoms with Gasteiger partial charge in [0.05, 0.1) is 10.9 Å². The summed E-state index contributed by atoms with van der Waals surface area (Å²) in [5.74, 6) is 0. The van der Waals surface area contributed by atoms with E-state index in [9.17, 15) is 8.42 Å². The zero-order valence-corrected chi connectivity index (χ0v) is 14.8. The molecule has 0 aliphatic carbocycles. The van der Waals surface area contributed by atoms with Gasteiger partial charge in [-0.05, 0) is 56.4 Å². The molecule has 1 aliphatic rings. The third kappa shape index (κ3) is 3.83. The van der Waals surface area contributed by atoms with E-state index in [0.29, 0.717) is 4.90 Å². The van der Waals surface area contributed by atoms with Crippen LogP contribution in [0.3, 0.4) is 0 Å². The first kappa shape index (κ1) is 16.6. The zero-order valence-electron chi connectivity index (χ0n) is 13.2. The summed E-state index contributed by atoms with van der Waals surface area (Å²) in [6.45, 7) is 4.02. The van der Waals surface area contributed by atoms with Gasteiger partial charge in [-0.3, -0.25) is 4.90 Å². The molecule has 1 saturated heterocycles. The summed E-state index contributed by atoms with van der Waals surface area (Å²) in [6.07, 6.45) is 2.36. The predicted molar refractivity (Wildman–Crippen MR) is 94.1 cm³/mol. The fraction of sp³-hybridized carbons (Fsp3) is 0.412. The maximum absolute atomic E-state index is 12.6. The van der Waals surface area contributed by atoms with Gasteiger partial charge in [0.2, 0.25) is 10.0 Å². The SMILES string of the molecule is C[C@H](NS(=O)(=O)c1ccccc1)[C@@H](c1cccs1)N1CCCC1. The van der Waals surface area contributed by atoms with Crippen LogP contribution in [0.15, 0.2) is 52.7 Å². The molecule has 4 nitrogen and oxygen atoms in total. The van der Waals surface area contributed by atoms with E-state index in [1.165, 1.54) is 17.7 Å². The number of nitrogens with zero attached hydrogens (tertiary/aromatic N) is 1. The molecule has 3 rings (SSSR count). The number of thiophene rings is 1. The summed E-state index contributed by atoms with van der Waals surface area (Å²) in [6, 6.07) is 12.6. The van der Waals surface area contributed by atoms with E-state index in [0.717, 1.165) is 13.1 Å². The summed E-state index contributed by atoms with van der Waals surface area (Å²) >= 11 is 1.69. The standard InChI is InChI=1S/C17H22N2O2S2/c1-14(18-23(20,21)15-8-3-2-4-9-15)17(16-10-7-13-22-16)19-11-5-6-12-19/h2-4,7-10,13-14,17-18H,5-6,11-12H2,1H3/t14-,17-/m0/s1. The van der Waals surface area contributed by atoms with Crippen LogP contribution in [0.4, 0.5) is 0 Å². The van der Waals surface area contributed by atoms with Crippen molar-refractivity contribution in [2.75, 3.05) is 13.1 Å². The minimum absolute atomic E-state index is 0.0935. The van der Waals surface area contributed by atoms with Crippen LogP contribution in [0.1, 0.15) is 30.7 Å². The molecule has 0 saturated carbocycles. The minimum Gasteiger partial charge on any atom is -0.294 e. The topological polar surface area (TPSA) is 49.4 Å². The Kier molecular flexibility index (Phi) is 5.16. The molecule has 23 heavy (non-hydrogen) atoms. The number of rotatable bonds is 6. The lowest BCUT2D eigenvalue weighted by molar-refractivity contribution is 0.215. The average Bonchev–Trinajstić information content (AvgIpc) is 3.22. The van der Waals surface area contributed by atoms with Crippen molar-refractivity contribution in [3.8, 4) is 0 Å². The van der Waals surface area contributed by atoms with Crippen LogP contribution < -0.4 is 4.72 Å². The fourth-order valence-corrected chi connectivity index (χ4v) is 5.43. The quantitative estimate of drug-likeness (QED) is 0.870. The van der Waals surface area contributed by atoms with Gasteiger partial charge in [0.25, 0.3) is 0 Å². The molecule has 1 N–H and O–H groups in total. The molecule has 1 aromatic carbocycles. The second-order valence-corrected chi connectivity index (χ2v) is 8.62. The third-order valence-electron chi connectivity index (χ3n) is 4.24. The molecule has 0 bridgehead atoms. The number of sulfonamides is 1. The Balaban J connectivity index is 1.82. The van der Waals surface area contributed by atoms with Gasteiger partial charge >= 0.3 is 0 Å². The van der Waals surface area contributed by atoms with Crippen molar-refractivity contribution < 1.29 is 8.42 Å². The van der Waals surface area contributed by atoms with Gasteiger partial charge in [-0.2, -0.15) is 0 Å². The Morgan fingerprint density at radius 2 is 1.78 bits per heavy atom. The molecule has 1 aliphatic heterocycles. The van der Waals surface area contributed by atoms with Crippen molar-refractivity contribution >= 4 is 21.4 Å². The van der Waals surface area contributed by atoms with E-state index in [-0.39, 0.29) is 12.1 Å². The molecule has 0 radical (unpaired) electrons. The molecule has 1 aromatic heterocycles. The van der Waals surface area contributed by atoms with Crippen molar-refractivity contribution in [1.82, 2.24) is 9.62 Å². The predicted octanol–water partition coefficient (Wildman–Crippen LogP) is 3.25. The van der Waals surface area contributed by atoms with Crippen LogP contribution in [-0.4, -0.2) is 32.4 Å². The van der Waals surface area contributed by atoms with Gasteiger partial charge in [0, 0.05) is 10.9 Å². The maximum atomic E-state index is 12.6. The van der Waals surface area contributed by atoms with E-state index < -0.39 is 10.0 Å². The van der Waals surface area contributed by atoms with Crippen LogP contribution in [0, 0.1) is 0 Å². The van der Waals surface area contributed by atoms with Crippen LogP contribution in [0.25, 0.3) is 0 Å². The first-order valence-electron chi connectivity index (χ1n) is 7.93. The van der Waals surface area contributed by atoms with Crippen molar-refractivity contribution in [3.63, 3.8) is 0 Å². The Morgan fingerprint density at radius 3 is 2.39 bits per heavy atom. The molecule has 2 aromatic rings. The highest BCUT2D eigenvalue weighted by atomic mass is 32.2. The average molecular weight is 351 g/mol. The van der Waals surface area contributed by atoms with E-state index in [1.807, 2.05) is 19.1 Å². The van der Waals surface area contributed by atoms with Crippen molar-refractivity contribution in [2.24, 2.45) is 0 Å². The van der Waals surface area contributed by atoms with Gasteiger partial charge in [0.15, 0.2) is 0 Å². The molecule has 124 valence electrons. The van der Waals surface area contributed by atoms with Gasteiger partial charge in [-0.25, -0.2) is 13.1 Å². The largest absolute Gasteiger partial charge is 0.294 e. The number of likely N-dealkylation sites (tertiary alicyclic amines) is 1. The Bertz CT molecular complexity index is 708. The van der Waals surface area contributed by atoms with Crippen LogP contribution >= 0.6 is 11.3 Å². The van der Waals surface area contributed by atoms with E-state index in [2.05, 4.69) is 21.1 Å². The number of benzene rings is 1. The smallest absolute Gasteiger partial charge is 0.240 e. The Labute approximate surface area is 142 Å². The van der Waals surface area contributed by atoms with Crippen molar-refractivity contribution in [2.45, 2.75) is 36.7 Å². The summed E-state index contributed by atoms with van der Waals surface area (Å²) in [4.78, 5) is 3.93. The van der Waals surface area contributed by atoms with E-state index in [1.54, 1.807) is 35.6 Å². The van der Waals surface area contributed by atoms with E-state index in [4.69, 9.17) is 0 Å². The maximum Gasteiger partial charge on any atom is 0.240 e. The molecular formula is C17H22N2O2S2. The van der Waals surface area contributed by atoms with Crippen LogP contribution in [0.5, 0.6) is 0 Å². The molecule has 0 spiro atoms. The molecule has 1 fully saturated rings. The molecule has 2 atom stereocenters. The first-order valence-corrected chi connectivity index (χ1v) is 10.3. The third-order valence-corrected chi connectivity index (χ3v) is 6.75. The highest BCUT2D eigenvalue weighted by Crippen LogP contribution is 2.31. The van der Waals surface area contributed by atoms with Crippen LogP contribution in [0.2, 0.25) is 0 Å². The number of hydrogen-bond acceptors (Lipinski definition) is 4. The lowest BCUT2D eigenvalue weighted by atomic mass is 10.1. The Hall–Kier alpha value is -1.21. The normalized spacial score (nSPS) is 18.8. The van der Waals surface area contributed by atoms with Gasteiger partial charge in [-0.15, -0.1) is 11.3 Å². The molecule has 0 amide bonds. The lowest BCUT2D eigenvalue weighted by Crippen LogP contribution is -2.43. The lowest BCUT2D eigenvalue weighted by Gasteiger charge is -2.32. The Morgan fingerprint density at radius 1 is 1.09 bits per heavy atom. The second kappa shape index (κ2) is 7.13. The number of hydrogen-bond donors (Lipinski definition) is 1. The molecule has 6 heteroatoms. The zero-order chi connectivity index (χ0) is 16.3. The molecular weight excluding hydrogens is 328 g/mol. The summed E-state index contributed by atoms with van der Waals surface area (Å²) in [7, 11) is -3.50. The first-order chi connectivity index (χ1) is 11.1. The summed E-state index contributed by atoms with van der Waals surface area (Å²) < 4.78 is 28.1. The van der Waals surface area contributed by atoms with E-state index >= 15 is 0 Å². The highest BCUT2D eigenvalue weighted by molar-refractivity contribution is 7.89. The van der Waals surface area contributed by atoms with Gasteiger partial charge < -0.3 is 0 Å². The summed E-state index contributed by atoms with van der Waals surface area (Å²) in [5, 5.41) is 2.05. The second-order valence-electron chi connectivity index (χ2n) is 5.93. The molecule has 2 heterocycles. The summed E-state index contributed by atoms with van der Waals surface area (Å²) in [5.41, 5.74) is 0.